The highest BCUT2D eigenvalue weighted by Gasteiger charge is 2.30. The molecule has 0 spiro atoms. The molecule has 7 nitrogen and oxygen atoms in total. The molecule has 1 aromatic heterocycles. The van der Waals surface area contributed by atoms with E-state index < -0.39 is 15.8 Å². The number of aromatic nitrogens is 1. The Labute approximate surface area is 224 Å². The summed E-state index contributed by atoms with van der Waals surface area (Å²) in [6.45, 7) is 0.969. The van der Waals surface area contributed by atoms with Gasteiger partial charge in [0.2, 0.25) is 10.0 Å². The number of benzene rings is 2. The summed E-state index contributed by atoms with van der Waals surface area (Å²) in [5, 5.41) is 13.6. The number of pyridine rings is 1. The van der Waals surface area contributed by atoms with Crippen LogP contribution in [0, 0.1) is 5.82 Å². The van der Waals surface area contributed by atoms with Gasteiger partial charge in [0.25, 0.3) is 0 Å². The van der Waals surface area contributed by atoms with Crippen molar-refractivity contribution in [2.75, 3.05) is 13.1 Å². The second-order valence-corrected chi connectivity index (χ2v) is 11.9. The van der Waals surface area contributed by atoms with Crippen LogP contribution in [0.15, 0.2) is 67.0 Å². The van der Waals surface area contributed by atoms with E-state index in [4.69, 9.17) is 5.73 Å². The van der Waals surface area contributed by atoms with Crippen LogP contribution in [0.5, 0.6) is 5.75 Å². The van der Waals surface area contributed by atoms with Crippen LogP contribution in [0.1, 0.15) is 53.9 Å². The Morgan fingerprint density at radius 2 is 1.97 bits per heavy atom. The molecule has 0 radical (unpaired) electrons. The predicted octanol–water partition coefficient (Wildman–Crippen LogP) is 3.77. The standard InChI is InChI=1S/C29H37FN4O3S/c30-28-9-2-1-7-23(28)20-38(36,37)34-15-4-3-8-24(31)19-33-29-13-10-22-17-25(35)11-12-26(22)27(29)16-21-6-5-14-32-18-21/h1-2,5-7,9,11-12,14,17-18,24,27,29,33-35H,3-4,8,10,13,15-16,19-20,31H2/t24?,27-,29+/m1/s1. The van der Waals surface area contributed by atoms with Gasteiger partial charge in [-0.05, 0) is 73.1 Å². The molecule has 3 atom stereocenters. The van der Waals surface area contributed by atoms with Crippen LogP contribution in [-0.4, -0.2) is 43.7 Å². The number of aryl methyl sites for hydroxylation is 1. The maximum absolute atomic E-state index is 13.8. The molecule has 0 saturated carbocycles. The fourth-order valence-electron chi connectivity index (χ4n) is 5.20. The minimum absolute atomic E-state index is 0.0507. The van der Waals surface area contributed by atoms with Crippen molar-refractivity contribution in [1.29, 1.82) is 0 Å². The van der Waals surface area contributed by atoms with Crippen molar-refractivity contribution in [1.82, 2.24) is 15.0 Å². The summed E-state index contributed by atoms with van der Waals surface area (Å²) < 4.78 is 40.8. The van der Waals surface area contributed by atoms with E-state index in [0.29, 0.717) is 25.3 Å². The van der Waals surface area contributed by atoms with Crippen molar-refractivity contribution in [3.05, 3.63) is 95.1 Å². The van der Waals surface area contributed by atoms with Crippen molar-refractivity contribution in [3.63, 3.8) is 0 Å². The topological polar surface area (TPSA) is 117 Å². The fourth-order valence-corrected chi connectivity index (χ4v) is 6.40. The third kappa shape index (κ3) is 8.07. The molecule has 3 aromatic rings. The molecule has 2 aromatic carbocycles. The second kappa shape index (κ2) is 13.3. The molecule has 0 aliphatic heterocycles. The molecule has 0 amide bonds. The first-order chi connectivity index (χ1) is 18.3. The van der Waals surface area contributed by atoms with Crippen molar-refractivity contribution >= 4 is 10.0 Å². The predicted molar refractivity (Wildman–Crippen MR) is 148 cm³/mol. The number of halogens is 1. The number of hydrogen-bond donors (Lipinski definition) is 4. The van der Waals surface area contributed by atoms with Gasteiger partial charge in [0.05, 0.1) is 5.75 Å². The molecule has 1 aliphatic rings. The Bertz CT molecular complexity index is 1290. The number of aromatic hydroxyl groups is 1. The van der Waals surface area contributed by atoms with E-state index in [1.165, 1.54) is 34.9 Å². The number of sulfonamides is 1. The third-order valence-electron chi connectivity index (χ3n) is 7.18. The minimum Gasteiger partial charge on any atom is -0.508 e. The maximum atomic E-state index is 13.8. The highest BCUT2D eigenvalue weighted by Crippen LogP contribution is 2.36. The number of nitrogens with zero attached hydrogens (tertiary/aromatic N) is 1. The molecule has 38 heavy (non-hydrogen) atoms. The molecule has 9 heteroatoms. The van der Waals surface area contributed by atoms with Gasteiger partial charge in [-0.3, -0.25) is 4.98 Å². The SMILES string of the molecule is NC(CCCCNS(=O)(=O)Cc1ccccc1F)CN[C@H]1CCc2cc(O)ccc2[C@H]1Cc1cccnc1. The Kier molecular flexibility index (Phi) is 9.85. The van der Waals surface area contributed by atoms with E-state index in [1.54, 1.807) is 18.3 Å². The number of fused-ring (bicyclic) bond motifs is 1. The zero-order valence-electron chi connectivity index (χ0n) is 21.5. The van der Waals surface area contributed by atoms with E-state index in [1.807, 2.05) is 24.4 Å². The lowest BCUT2D eigenvalue weighted by Gasteiger charge is -2.35. The minimum atomic E-state index is -3.60. The van der Waals surface area contributed by atoms with E-state index in [-0.39, 0.29) is 29.3 Å². The summed E-state index contributed by atoms with van der Waals surface area (Å²) in [5.74, 6) is -0.335. The number of rotatable bonds is 13. The Balaban J connectivity index is 1.23. The third-order valence-corrected chi connectivity index (χ3v) is 8.52. The van der Waals surface area contributed by atoms with Crippen LogP contribution in [0.3, 0.4) is 0 Å². The lowest BCUT2D eigenvalue weighted by Crippen LogP contribution is -2.44. The molecule has 0 fully saturated rings. The van der Waals surface area contributed by atoms with E-state index in [2.05, 4.69) is 21.1 Å². The van der Waals surface area contributed by atoms with Crippen molar-refractivity contribution in [2.45, 2.75) is 62.3 Å². The summed E-state index contributed by atoms with van der Waals surface area (Å²) in [6.07, 6.45) is 8.61. The number of nitrogens with two attached hydrogens (primary N) is 1. The quantitative estimate of drug-likeness (QED) is 0.245. The Morgan fingerprint density at radius 3 is 2.76 bits per heavy atom. The van der Waals surface area contributed by atoms with E-state index in [0.717, 1.165) is 32.1 Å². The van der Waals surface area contributed by atoms with E-state index >= 15 is 0 Å². The number of hydrogen-bond acceptors (Lipinski definition) is 6. The summed E-state index contributed by atoms with van der Waals surface area (Å²) in [7, 11) is -3.60. The van der Waals surface area contributed by atoms with Gasteiger partial charge >= 0.3 is 0 Å². The average Bonchev–Trinajstić information content (AvgIpc) is 2.89. The van der Waals surface area contributed by atoms with Gasteiger partial charge in [-0.25, -0.2) is 17.5 Å². The average molecular weight is 541 g/mol. The van der Waals surface area contributed by atoms with Gasteiger partial charge in [-0.1, -0.05) is 36.8 Å². The van der Waals surface area contributed by atoms with Crippen LogP contribution in [0.4, 0.5) is 4.39 Å². The smallest absolute Gasteiger partial charge is 0.215 e. The fraction of sp³-hybridized carbons (Fsp3) is 0.414. The van der Waals surface area contributed by atoms with Gasteiger partial charge in [0.15, 0.2) is 0 Å². The zero-order valence-corrected chi connectivity index (χ0v) is 22.3. The number of phenolic OH excluding ortho intramolecular Hbond substituents is 1. The van der Waals surface area contributed by atoms with E-state index in [9.17, 15) is 17.9 Å². The van der Waals surface area contributed by atoms with Crippen molar-refractivity contribution in [3.8, 4) is 5.75 Å². The first kappa shape index (κ1) is 28.2. The second-order valence-electron chi connectivity index (χ2n) is 10.1. The van der Waals surface area contributed by atoms with Crippen LogP contribution in [0.25, 0.3) is 0 Å². The van der Waals surface area contributed by atoms with Gasteiger partial charge in [0, 0.05) is 49.0 Å². The number of unbranched alkanes of at least 4 members (excludes halogenated alkanes) is 1. The van der Waals surface area contributed by atoms with Crippen LogP contribution < -0.4 is 15.8 Å². The summed E-state index contributed by atoms with van der Waals surface area (Å²) in [4.78, 5) is 4.27. The van der Waals surface area contributed by atoms with Crippen LogP contribution >= 0.6 is 0 Å². The highest BCUT2D eigenvalue weighted by atomic mass is 32.2. The summed E-state index contributed by atoms with van der Waals surface area (Å²) >= 11 is 0. The van der Waals surface area contributed by atoms with Gasteiger partial charge < -0.3 is 16.2 Å². The number of nitrogens with one attached hydrogen (secondary N) is 2. The molecule has 4 rings (SSSR count). The molecule has 1 aliphatic carbocycles. The monoisotopic (exact) mass is 540 g/mol. The Morgan fingerprint density at radius 1 is 1.13 bits per heavy atom. The van der Waals surface area contributed by atoms with Crippen molar-refractivity contribution in [2.24, 2.45) is 5.73 Å². The molecule has 0 saturated heterocycles. The van der Waals surface area contributed by atoms with Gasteiger partial charge in [-0.15, -0.1) is 0 Å². The summed E-state index contributed by atoms with van der Waals surface area (Å²) in [6, 6.07) is 15.8. The largest absolute Gasteiger partial charge is 0.508 e. The number of phenols is 1. The molecule has 5 N–H and O–H groups in total. The Hall–Kier alpha value is -2.85. The molecular weight excluding hydrogens is 503 g/mol. The normalized spacial score (nSPS) is 18.2. The van der Waals surface area contributed by atoms with Crippen LogP contribution in [-0.2, 0) is 28.6 Å². The zero-order chi connectivity index (χ0) is 27.0. The molecule has 0 bridgehead atoms. The first-order valence-corrected chi connectivity index (χ1v) is 14.9. The molecule has 1 heterocycles. The van der Waals surface area contributed by atoms with Crippen LogP contribution in [0.2, 0.25) is 0 Å². The van der Waals surface area contributed by atoms with Gasteiger partial charge in [-0.2, -0.15) is 0 Å². The van der Waals surface area contributed by atoms with Crippen molar-refractivity contribution < 1.29 is 17.9 Å². The summed E-state index contributed by atoms with van der Waals surface area (Å²) in [5.41, 5.74) is 10.2. The van der Waals surface area contributed by atoms with Gasteiger partial charge in [0.1, 0.15) is 11.6 Å². The lowest BCUT2D eigenvalue weighted by molar-refractivity contribution is 0.366. The molecular formula is C29H37FN4O3S. The molecule has 1 unspecified atom stereocenters. The lowest BCUT2D eigenvalue weighted by atomic mass is 9.76. The first-order valence-electron chi connectivity index (χ1n) is 13.2. The highest BCUT2D eigenvalue weighted by molar-refractivity contribution is 7.88. The maximum Gasteiger partial charge on any atom is 0.215 e. The molecule has 204 valence electrons.